The number of pyridine rings is 3. The SMILES string of the molecule is Cc1ccccc1-c1ccc(-c2ccc3c(c2)C(C)(C)C(C)(C)O3)c[n+]1C.Cc1ccccc1-c1ccc(-c2cccc3c2C(C)(C)C(C)(C)O3)c[n+]1C.Cc1ccccc1-c1ccc(-c2cccc3c2OC(C)(C)C3(C)C)c[n+]1C. The average Bonchev–Trinajstić information content (AvgIpc) is 4.06. The Morgan fingerprint density at radius 1 is 0.309 bits per heavy atom. The number of nitrogens with zero attached hydrogens (tertiary/aromatic N) is 3. The molecule has 0 fully saturated rings. The molecule has 0 aliphatic carbocycles. The predicted octanol–water partition coefficient (Wildman–Crippen LogP) is 16.8. The van der Waals surface area contributed by atoms with Gasteiger partial charge in [0.15, 0.2) is 18.6 Å². The van der Waals surface area contributed by atoms with E-state index in [4.69, 9.17) is 14.2 Å². The highest BCUT2D eigenvalue weighted by Crippen LogP contribution is 2.54. The highest BCUT2D eigenvalue weighted by molar-refractivity contribution is 5.76. The topological polar surface area (TPSA) is 39.3 Å². The first-order valence-corrected chi connectivity index (χ1v) is 28.8. The number of hydrogen-bond donors (Lipinski definition) is 0. The quantitative estimate of drug-likeness (QED) is 0.156. The van der Waals surface area contributed by atoms with Crippen LogP contribution in [0.3, 0.4) is 0 Å². The maximum Gasteiger partial charge on any atom is 0.212 e. The molecule has 81 heavy (non-hydrogen) atoms. The molecular formula is C75H84N3O3+3. The molecule has 414 valence electrons. The monoisotopic (exact) mass is 1070 g/mol. The van der Waals surface area contributed by atoms with Crippen LogP contribution in [-0.4, -0.2) is 16.8 Å². The van der Waals surface area contributed by atoms with Crippen LogP contribution in [-0.2, 0) is 37.4 Å². The third-order valence-corrected chi connectivity index (χ3v) is 19.2. The zero-order valence-corrected chi connectivity index (χ0v) is 51.4. The van der Waals surface area contributed by atoms with Crippen molar-refractivity contribution in [3.63, 3.8) is 0 Å². The second-order valence-corrected chi connectivity index (χ2v) is 26.0. The number of aromatic nitrogens is 3. The Balaban J connectivity index is 0.000000136. The predicted molar refractivity (Wildman–Crippen MR) is 333 cm³/mol. The summed E-state index contributed by atoms with van der Waals surface area (Å²) in [5.41, 5.74) is 21.7. The van der Waals surface area contributed by atoms with Crippen LogP contribution < -0.4 is 27.9 Å². The summed E-state index contributed by atoms with van der Waals surface area (Å²) in [6.07, 6.45) is 6.66. The fourth-order valence-electron chi connectivity index (χ4n) is 12.0. The molecule has 0 saturated heterocycles. The lowest BCUT2D eigenvalue weighted by molar-refractivity contribution is -0.660. The van der Waals surface area contributed by atoms with Crippen molar-refractivity contribution in [2.75, 3.05) is 0 Å². The van der Waals surface area contributed by atoms with E-state index in [2.05, 4.69) is 321 Å². The lowest BCUT2D eigenvalue weighted by Crippen LogP contribution is -2.42. The second kappa shape index (κ2) is 20.6. The van der Waals surface area contributed by atoms with Crippen molar-refractivity contribution in [2.45, 2.75) is 137 Å². The number of aryl methyl sites for hydroxylation is 6. The van der Waals surface area contributed by atoms with E-state index in [1.54, 1.807) is 0 Å². The lowest BCUT2D eigenvalue weighted by atomic mass is 9.71. The maximum absolute atomic E-state index is 6.46. The van der Waals surface area contributed by atoms with Crippen LogP contribution in [0.4, 0.5) is 0 Å². The van der Waals surface area contributed by atoms with Crippen molar-refractivity contribution >= 4 is 0 Å². The van der Waals surface area contributed by atoms with E-state index in [-0.39, 0.29) is 33.0 Å². The van der Waals surface area contributed by atoms with Gasteiger partial charge in [-0.1, -0.05) is 133 Å². The summed E-state index contributed by atoms with van der Waals surface area (Å²) >= 11 is 0. The summed E-state index contributed by atoms with van der Waals surface area (Å²) in [6.45, 7) is 33.2. The highest BCUT2D eigenvalue weighted by atomic mass is 16.5. The number of hydrogen-bond acceptors (Lipinski definition) is 3. The summed E-state index contributed by atoms with van der Waals surface area (Å²) in [5, 5.41) is 0. The van der Waals surface area contributed by atoms with Gasteiger partial charge in [-0.15, -0.1) is 0 Å². The lowest BCUT2D eigenvalue weighted by Gasteiger charge is -2.34. The summed E-state index contributed by atoms with van der Waals surface area (Å²) < 4.78 is 25.6. The van der Waals surface area contributed by atoms with Gasteiger partial charge in [0, 0.05) is 90.1 Å². The van der Waals surface area contributed by atoms with Gasteiger partial charge in [0.2, 0.25) is 17.1 Å². The molecule has 3 aliphatic rings. The Labute approximate surface area is 483 Å². The Morgan fingerprint density at radius 3 is 1.20 bits per heavy atom. The van der Waals surface area contributed by atoms with Gasteiger partial charge in [-0.05, 0) is 145 Å². The van der Waals surface area contributed by atoms with Gasteiger partial charge >= 0.3 is 0 Å². The molecule has 0 bridgehead atoms. The third-order valence-electron chi connectivity index (χ3n) is 19.2. The molecule has 0 atom stereocenters. The van der Waals surface area contributed by atoms with E-state index in [0.29, 0.717) is 0 Å². The zero-order chi connectivity index (χ0) is 58.2. The fraction of sp³-hybridized carbons (Fsp3) is 0.320. The van der Waals surface area contributed by atoms with Gasteiger partial charge in [0.25, 0.3) is 0 Å². The standard InChI is InChI=1S/3C25H28NO/c1-17-10-7-8-11-19(17)21-15-14-18(16-26(21)6)20-12-9-13-22-23(20)24(2,3)25(4,5)27-22;1-17-10-7-8-11-19(17)22-15-14-18(16-26(22)6)20-12-9-13-21-23(20)27-25(4,5)24(21,2)3;1-17-9-7-8-10-20(17)22-13-11-19(16-26(22)6)18-12-14-23-21(15-18)24(2,3)25(4,5)27-23/h3*7-16H,1-6H3/q3*+1. The Kier molecular flexibility index (Phi) is 14.4. The first kappa shape index (κ1) is 56.4. The molecular weight excluding hydrogens is 991 g/mol. The average molecular weight is 1080 g/mol. The van der Waals surface area contributed by atoms with E-state index in [1.807, 2.05) is 0 Å². The molecule has 6 heterocycles. The summed E-state index contributed by atoms with van der Waals surface area (Å²) in [4.78, 5) is 0. The van der Waals surface area contributed by atoms with Crippen LogP contribution >= 0.6 is 0 Å². The van der Waals surface area contributed by atoms with Crippen molar-refractivity contribution in [3.8, 4) is 84.4 Å². The van der Waals surface area contributed by atoms with Crippen molar-refractivity contribution in [2.24, 2.45) is 21.1 Å². The first-order valence-electron chi connectivity index (χ1n) is 28.8. The van der Waals surface area contributed by atoms with Crippen LogP contribution in [0.5, 0.6) is 17.2 Å². The summed E-state index contributed by atoms with van der Waals surface area (Å²) in [5.74, 6) is 3.04. The third kappa shape index (κ3) is 9.93. The molecule has 6 heteroatoms. The van der Waals surface area contributed by atoms with E-state index < -0.39 is 0 Å². The van der Waals surface area contributed by atoms with Gasteiger partial charge in [0.1, 0.15) is 55.2 Å². The van der Waals surface area contributed by atoms with Gasteiger partial charge in [-0.2, -0.15) is 0 Å². The number of benzene rings is 6. The normalized spacial score (nSPS) is 16.7. The minimum absolute atomic E-state index is 0.0262. The molecule has 0 saturated carbocycles. The molecule has 12 rings (SSSR count). The molecule has 3 aliphatic heterocycles. The highest BCUT2D eigenvalue weighted by Gasteiger charge is 2.51. The minimum Gasteiger partial charge on any atom is -0.487 e. The van der Waals surface area contributed by atoms with E-state index in [0.717, 1.165) is 22.8 Å². The number of para-hydroxylation sites is 1. The smallest absolute Gasteiger partial charge is 0.212 e. The first-order chi connectivity index (χ1) is 38.1. The van der Waals surface area contributed by atoms with E-state index >= 15 is 0 Å². The fourth-order valence-corrected chi connectivity index (χ4v) is 12.0. The van der Waals surface area contributed by atoms with Gasteiger partial charge in [0.05, 0.1) is 0 Å². The number of rotatable bonds is 6. The van der Waals surface area contributed by atoms with Gasteiger partial charge in [-0.3, -0.25) is 0 Å². The second-order valence-electron chi connectivity index (χ2n) is 26.0. The van der Waals surface area contributed by atoms with Crippen LogP contribution in [0.15, 0.2) is 182 Å². The van der Waals surface area contributed by atoms with Crippen LogP contribution in [0, 0.1) is 20.8 Å². The van der Waals surface area contributed by atoms with E-state index in [9.17, 15) is 0 Å². The minimum atomic E-state index is -0.227. The molecule has 6 aromatic carbocycles. The number of fused-ring (bicyclic) bond motifs is 3. The Morgan fingerprint density at radius 2 is 0.691 bits per heavy atom. The largest absolute Gasteiger partial charge is 0.487 e. The molecule has 6 nitrogen and oxygen atoms in total. The Bertz CT molecular complexity index is 3880. The van der Waals surface area contributed by atoms with Gasteiger partial charge < -0.3 is 14.2 Å². The van der Waals surface area contributed by atoms with Crippen molar-refractivity contribution in [3.05, 3.63) is 216 Å². The van der Waals surface area contributed by atoms with Gasteiger partial charge in [-0.25, -0.2) is 13.7 Å². The molecule has 0 unspecified atom stereocenters. The molecule has 0 spiro atoms. The van der Waals surface area contributed by atoms with Crippen LogP contribution in [0.2, 0.25) is 0 Å². The molecule has 0 N–H and O–H groups in total. The Hall–Kier alpha value is -7.83. The molecule has 9 aromatic rings. The summed E-state index contributed by atoms with van der Waals surface area (Å²) in [6, 6.07) is 58.4. The molecule has 3 aromatic heterocycles. The van der Waals surface area contributed by atoms with Crippen LogP contribution in [0.25, 0.3) is 67.2 Å². The molecule has 0 radical (unpaired) electrons. The maximum atomic E-state index is 6.46. The summed E-state index contributed by atoms with van der Waals surface area (Å²) in [7, 11) is 6.36. The van der Waals surface area contributed by atoms with Crippen molar-refractivity contribution in [1.29, 1.82) is 0 Å². The molecule has 0 amide bonds. The van der Waals surface area contributed by atoms with Crippen LogP contribution in [0.1, 0.15) is 116 Å². The van der Waals surface area contributed by atoms with Crippen molar-refractivity contribution < 1.29 is 27.9 Å². The number of ether oxygens (including phenoxy) is 3. The zero-order valence-electron chi connectivity index (χ0n) is 51.4. The van der Waals surface area contributed by atoms with Crippen molar-refractivity contribution in [1.82, 2.24) is 0 Å². The van der Waals surface area contributed by atoms with E-state index in [1.165, 1.54) is 95.0 Å².